The van der Waals surface area contributed by atoms with Gasteiger partial charge in [-0.3, -0.25) is 0 Å². The lowest BCUT2D eigenvalue weighted by atomic mass is 9.98. The third-order valence-corrected chi connectivity index (χ3v) is 6.74. The van der Waals surface area contributed by atoms with E-state index in [1.165, 1.54) is 24.3 Å². The standard InChI is InChI=1S/C20H18ClNO5S/c1-2-26-20(23)18-17-14-10-13(28(24,25)12-6-4-3-5-7-12)11-15(21)19(14)27-16(17)8-9-22-18/h3-7,10-11,18,22H,2,8-9H2,1H3. The SMILES string of the molecule is CCOC(=O)C1NCCc2oc3c(Cl)cc(S(=O)(=O)c4ccccc4)cc3c21. The largest absolute Gasteiger partial charge is 0.465 e. The van der Waals surface area contributed by atoms with Gasteiger partial charge in [0.2, 0.25) is 9.84 Å². The van der Waals surface area contributed by atoms with Crippen LogP contribution < -0.4 is 5.32 Å². The van der Waals surface area contributed by atoms with Crippen LogP contribution in [-0.4, -0.2) is 27.5 Å². The van der Waals surface area contributed by atoms with Crippen LogP contribution in [0.1, 0.15) is 24.3 Å². The molecule has 1 aromatic heterocycles. The number of hydrogen-bond donors (Lipinski definition) is 1. The summed E-state index contributed by atoms with van der Waals surface area (Å²) in [6, 6.07) is 10.3. The van der Waals surface area contributed by atoms with Gasteiger partial charge in [0.15, 0.2) is 5.58 Å². The molecule has 0 saturated heterocycles. The van der Waals surface area contributed by atoms with E-state index in [2.05, 4.69) is 5.32 Å². The second-order valence-corrected chi connectivity index (χ2v) is 8.78. The highest BCUT2D eigenvalue weighted by Crippen LogP contribution is 2.39. The van der Waals surface area contributed by atoms with Crippen molar-refractivity contribution in [2.24, 2.45) is 0 Å². The molecular formula is C20H18ClNO5S. The van der Waals surface area contributed by atoms with E-state index in [1.807, 2.05) is 0 Å². The van der Waals surface area contributed by atoms with Crippen molar-refractivity contribution < 1.29 is 22.4 Å². The highest BCUT2D eigenvalue weighted by Gasteiger charge is 2.34. The highest BCUT2D eigenvalue weighted by atomic mass is 35.5. The van der Waals surface area contributed by atoms with Crippen molar-refractivity contribution in [3.05, 3.63) is 58.8 Å². The van der Waals surface area contributed by atoms with Gasteiger partial charge in [0.05, 0.1) is 21.4 Å². The lowest BCUT2D eigenvalue weighted by Gasteiger charge is -2.21. The van der Waals surface area contributed by atoms with E-state index in [1.54, 1.807) is 25.1 Å². The fourth-order valence-electron chi connectivity index (χ4n) is 3.45. The summed E-state index contributed by atoms with van der Waals surface area (Å²) in [6.45, 7) is 2.52. The van der Waals surface area contributed by atoms with E-state index in [4.69, 9.17) is 20.8 Å². The highest BCUT2D eigenvalue weighted by molar-refractivity contribution is 7.91. The summed E-state index contributed by atoms with van der Waals surface area (Å²) in [5.41, 5.74) is 0.961. The number of rotatable bonds is 4. The molecule has 2 heterocycles. The fourth-order valence-corrected chi connectivity index (χ4v) is 5.11. The first-order valence-electron chi connectivity index (χ1n) is 8.88. The summed E-state index contributed by atoms with van der Waals surface area (Å²) in [5, 5.41) is 3.81. The third-order valence-electron chi connectivity index (χ3n) is 4.71. The minimum absolute atomic E-state index is 0.0491. The van der Waals surface area contributed by atoms with Crippen molar-refractivity contribution in [3.63, 3.8) is 0 Å². The molecule has 0 spiro atoms. The normalized spacial score (nSPS) is 16.7. The van der Waals surface area contributed by atoms with Gasteiger partial charge in [-0.05, 0) is 31.2 Å². The molecule has 1 N–H and O–H groups in total. The Hall–Kier alpha value is -2.35. The van der Waals surface area contributed by atoms with Crippen molar-refractivity contribution >= 4 is 38.4 Å². The molecule has 0 saturated carbocycles. The number of ether oxygens (including phenoxy) is 1. The number of fused-ring (bicyclic) bond motifs is 3. The number of halogens is 1. The van der Waals surface area contributed by atoms with E-state index < -0.39 is 21.8 Å². The molecule has 8 heteroatoms. The van der Waals surface area contributed by atoms with Crippen LogP contribution in [0.25, 0.3) is 11.0 Å². The number of carbonyl (C=O) groups excluding carboxylic acids is 1. The van der Waals surface area contributed by atoms with Gasteiger partial charge in [0, 0.05) is 23.9 Å². The monoisotopic (exact) mass is 419 g/mol. The summed E-state index contributed by atoms with van der Waals surface area (Å²) >= 11 is 6.37. The quantitative estimate of drug-likeness (QED) is 0.649. The van der Waals surface area contributed by atoms with Gasteiger partial charge in [-0.15, -0.1) is 0 Å². The maximum Gasteiger partial charge on any atom is 0.327 e. The Bertz CT molecular complexity index is 1150. The number of hydrogen-bond acceptors (Lipinski definition) is 6. The number of furan rings is 1. The molecule has 2 aromatic carbocycles. The second kappa shape index (κ2) is 7.24. The van der Waals surface area contributed by atoms with Gasteiger partial charge in [-0.1, -0.05) is 29.8 Å². The molecule has 0 fully saturated rings. The lowest BCUT2D eigenvalue weighted by Crippen LogP contribution is -2.35. The Balaban J connectivity index is 1.92. The van der Waals surface area contributed by atoms with Crippen molar-refractivity contribution in [1.29, 1.82) is 0 Å². The first kappa shape index (κ1) is 19.0. The Morgan fingerprint density at radius 3 is 2.71 bits per heavy atom. The summed E-state index contributed by atoms with van der Waals surface area (Å²) in [6.07, 6.45) is 0.566. The Morgan fingerprint density at radius 2 is 2.00 bits per heavy atom. The van der Waals surface area contributed by atoms with Crippen molar-refractivity contribution in [3.8, 4) is 0 Å². The molecule has 0 bridgehead atoms. The van der Waals surface area contributed by atoms with Crippen molar-refractivity contribution in [1.82, 2.24) is 5.32 Å². The van der Waals surface area contributed by atoms with Crippen LogP contribution in [0.2, 0.25) is 5.02 Å². The summed E-state index contributed by atoms with van der Waals surface area (Å²) in [7, 11) is -3.77. The molecule has 1 atom stereocenters. The van der Waals surface area contributed by atoms with Crippen LogP contribution in [0.4, 0.5) is 0 Å². The molecule has 0 aliphatic carbocycles. The van der Waals surface area contributed by atoms with E-state index in [0.29, 0.717) is 35.3 Å². The van der Waals surface area contributed by atoms with Gasteiger partial charge < -0.3 is 14.5 Å². The van der Waals surface area contributed by atoms with Crippen LogP contribution in [0.15, 0.2) is 56.7 Å². The lowest BCUT2D eigenvalue weighted by molar-refractivity contribution is -0.146. The van der Waals surface area contributed by atoms with Crippen molar-refractivity contribution in [2.45, 2.75) is 29.2 Å². The predicted octanol–water partition coefficient (Wildman–Crippen LogP) is 3.67. The predicted molar refractivity (Wildman–Crippen MR) is 104 cm³/mol. The smallest absolute Gasteiger partial charge is 0.327 e. The number of sulfone groups is 1. The van der Waals surface area contributed by atoms with Crippen LogP contribution in [-0.2, 0) is 25.8 Å². The van der Waals surface area contributed by atoms with E-state index >= 15 is 0 Å². The van der Waals surface area contributed by atoms with Gasteiger partial charge >= 0.3 is 5.97 Å². The molecule has 0 radical (unpaired) electrons. The zero-order chi connectivity index (χ0) is 19.9. The molecular weight excluding hydrogens is 402 g/mol. The summed E-state index contributed by atoms with van der Waals surface area (Å²) < 4.78 is 37.1. The van der Waals surface area contributed by atoms with E-state index in [-0.39, 0.29) is 21.4 Å². The van der Waals surface area contributed by atoms with Crippen LogP contribution in [0.3, 0.4) is 0 Å². The van der Waals surface area contributed by atoms with Crippen LogP contribution in [0, 0.1) is 0 Å². The number of carbonyl (C=O) groups is 1. The maximum absolute atomic E-state index is 13.0. The molecule has 4 rings (SSSR count). The second-order valence-electron chi connectivity index (χ2n) is 6.43. The van der Waals surface area contributed by atoms with Gasteiger partial charge in [-0.25, -0.2) is 13.2 Å². The number of esters is 1. The Kier molecular flexibility index (Phi) is 4.91. The molecule has 28 heavy (non-hydrogen) atoms. The average Bonchev–Trinajstić information content (AvgIpc) is 3.08. The topological polar surface area (TPSA) is 85.6 Å². The van der Waals surface area contributed by atoms with Crippen LogP contribution in [0.5, 0.6) is 0 Å². The molecule has 0 amide bonds. The first-order chi connectivity index (χ1) is 13.4. The Labute approximate surface area is 167 Å². The van der Waals surface area contributed by atoms with Gasteiger partial charge in [0.25, 0.3) is 0 Å². The molecule has 1 aliphatic heterocycles. The summed E-state index contributed by atoms with van der Waals surface area (Å²) in [5.74, 6) is 0.182. The van der Waals surface area contributed by atoms with Gasteiger partial charge in [0.1, 0.15) is 11.8 Å². The third kappa shape index (κ3) is 3.09. The van der Waals surface area contributed by atoms with E-state index in [0.717, 1.165) is 0 Å². The van der Waals surface area contributed by atoms with E-state index in [9.17, 15) is 13.2 Å². The number of benzene rings is 2. The molecule has 1 aliphatic rings. The molecule has 1 unspecified atom stereocenters. The first-order valence-corrected chi connectivity index (χ1v) is 10.7. The molecule has 6 nitrogen and oxygen atoms in total. The molecule has 146 valence electrons. The summed E-state index contributed by atoms with van der Waals surface area (Å²) in [4.78, 5) is 12.6. The zero-order valence-electron chi connectivity index (χ0n) is 15.1. The van der Waals surface area contributed by atoms with Crippen LogP contribution >= 0.6 is 11.6 Å². The van der Waals surface area contributed by atoms with Crippen molar-refractivity contribution in [2.75, 3.05) is 13.2 Å². The molecule has 3 aromatic rings. The number of nitrogens with one attached hydrogen (secondary N) is 1. The fraction of sp³-hybridized carbons (Fsp3) is 0.250. The zero-order valence-corrected chi connectivity index (χ0v) is 16.6. The minimum atomic E-state index is -3.77. The van der Waals surface area contributed by atoms with Gasteiger partial charge in [-0.2, -0.15) is 0 Å². The average molecular weight is 420 g/mol. The maximum atomic E-state index is 13.0. The Morgan fingerprint density at radius 1 is 1.25 bits per heavy atom. The minimum Gasteiger partial charge on any atom is -0.465 e.